The normalized spacial score (nSPS) is 10.6. The monoisotopic (exact) mass is 365 g/mol. The molecule has 6 heteroatoms. The van der Waals surface area contributed by atoms with Gasteiger partial charge >= 0.3 is 5.97 Å². The summed E-state index contributed by atoms with van der Waals surface area (Å²) < 4.78 is 12.1. The molecule has 6 nitrogen and oxygen atoms in total. The van der Waals surface area contributed by atoms with Crippen molar-refractivity contribution in [2.24, 2.45) is 0 Å². The minimum atomic E-state index is -0.215. The molecule has 1 aromatic heterocycles. The highest BCUT2D eigenvalue weighted by molar-refractivity contribution is 5.80. The summed E-state index contributed by atoms with van der Waals surface area (Å²) in [6, 6.07) is 14.0. The second kappa shape index (κ2) is 8.40. The summed E-state index contributed by atoms with van der Waals surface area (Å²) in [6.07, 6.45) is 2.58. The van der Waals surface area contributed by atoms with Gasteiger partial charge in [0.1, 0.15) is 5.75 Å². The molecule has 0 aliphatic rings. The quantitative estimate of drug-likeness (QED) is 0.616. The third-order valence-electron chi connectivity index (χ3n) is 4.36. The zero-order valence-electron chi connectivity index (χ0n) is 15.6. The van der Waals surface area contributed by atoms with Crippen LogP contribution in [0.1, 0.15) is 17.5 Å². The maximum atomic E-state index is 11.4. The fourth-order valence-electron chi connectivity index (χ4n) is 2.99. The molecule has 3 rings (SSSR count). The predicted octanol–water partition coefficient (Wildman–Crippen LogP) is 3.75. The fraction of sp³-hybridized carbons (Fsp3) is 0.238. The second-order valence-electron chi connectivity index (χ2n) is 6.12. The van der Waals surface area contributed by atoms with Gasteiger partial charge in [0.05, 0.1) is 31.8 Å². The van der Waals surface area contributed by atoms with Gasteiger partial charge in [0, 0.05) is 6.42 Å². The Morgan fingerprint density at radius 1 is 1.22 bits per heavy atom. The number of imidazole rings is 1. The predicted molar refractivity (Wildman–Crippen MR) is 106 cm³/mol. The van der Waals surface area contributed by atoms with Crippen LogP contribution in [-0.2, 0) is 22.5 Å². The largest absolute Gasteiger partial charge is 0.497 e. The Kier molecular flexibility index (Phi) is 5.76. The lowest BCUT2D eigenvalue weighted by atomic mass is 10.1. The zero-order valence-corrected chi connectivity index (χ0v) is 15.6. The SMILES string of the molecule is C=CNc1nc2cc(CCC(=O)OC)ccc2n1Cc1cccc(OC)c1. The average Bonchev–Trinajstić information content (AvgIpc) is 3.03. The topological polar surface area (TPSA) is 65.4 Å². The molecule has 3 aromatic rings. The van der Waals surface area contributed by atoms with Crippen molar-refractivity contribution in [1.29, 1.82) is 0 Å². The van der Waals surface area contributed by atoms with Crippen molar-refractivity contribution < 1.29 is 14.3 Å². The van der Waals surface area contributed by atoms with Crippen molar-refractivity contribution in [3.8, 4) is 5.75 Å². The van der Waals surface area contributed by atoms with Gasteiger partial charge in [-0.3, -0.25) is 4.79 Å². The number of nitrogens with one attached hydrogen (secondary N) is 1. The van der Waals surface area contributed by atoms with Gasteiger partial charge in [-0.25, -0.2) is 4.98 Å². The average molecular weight is 365 g/mol. The summed E-state index contributed by atoms with van der Waals surface area (Å²) in [5.41, 5.74) is 4.02. The molecule has 0 saturated heterocycles. The number of ether oxygens (including phenoxy) is 2. The number of carbonyl (C=O) groups is 1. The summed E-state index contributed by atoms with van der Waals surface area (Å²) in [7, 11) is 3.06. The molecule has 0 aliphatic carbocycles. The highest BCUT2D eigenvalue weighted by atomic mass is 16.5. The third kappa shape index (κ3) is 4.28. The van der Waals surface area contributed by atoms with E-state index in [-0.39, 0.29) is 5.97 Å². The van der Waals surface area contributed by atoms with E-state index in [1.54, 1.807) is 13.3 Å². The van der Waals surface area contributed by atoms with Crippen LogP contribution in [0.5, 0.6) is 5.75 Å². The molecular formula is C21H23N3O3. The van der Waals surface area contributed by atoms with Crippen LogP contribution in [0.4, 0.5) is 5.95 Å². The van der Waals surface area contributed by atoms with Gasteiger partial charge < -0.3 is 19.4 Å². The molecule has 27 heavy (non-hydrogen) atoms. The number of hydrogen-bond acceptors (Lipinski definition) is 5. The van der Waals surface area contributed by atoms with Crippen molar-refractivity contribution in [2.45, 2.75) is 19.4 Å². The van der Waals surface area contributed by atoms with Gasteiger partial charge in [0.15, 0.2) is 0 Å². The first-order valence-electron chi connectivity index (χ1n) is 8.71. The Morgan fingerprint density at radius 3 is 2.81 bits per heavy atom. The van der Waals surface area contributed by atoms with Crippen LogP contribution in [-0.4, -0.2) is 29.7 Å². The van der Waals surface area contributed by atoms with E-state index in [0.29, 0.717) is 25.3 Å². The lowest BCUT2D eigenvalue weighted by Gasteiger charge is -2.10. The van der Waals surface area contributed by atoms with Crippen LogP contribution in [0, 0.1) is 0 Å². The molecule has 140 valence electrons. The number of anilines is 1. The number of benzene rings is 2. The number of esters is 1. The van der Waals surface area contributed by atoms with Gasteiger partial charge in [-0.05, 0) is 48.0 Å². The number of nitrogens with zero attached hydrogens (tertiary/aromatic N) is 2. The van der Waals surface area contributed by atoms with Crippen molar-refractivity contribution in [3.63, 3.8) is 0 Å². The summed E-state index contributed by atoms with van der Waals surface area (Å²) in [5.74, 6) is 1.32. The summed E-state index contributed by atoms with van der Waals surface area (Å²) >= 11 is 0. The zero-order chi connectivity index (χ0) is 19.2. The maximum Gasteiger partial charge on any atom is 0.305 e. The maximum absolute atomic E-state index is 11.4. The van der Waals surface area contributed by atoms with E-state index in [1.807, 2.05) is 36.4 Å². The molecule has 0 aliphatic heterocycles. The highest BCUT2D eigenvalue weighted by Gasteiger charge is 2.12. The Balaban J connectivity index is 1.93. The van der Waals surface area contributed by atoms with Crippen LogP contribution in [0.25, 0.3) is 11.0 Å². The van der Waals surface area contributed by atoms with Crippen molar-refractivity contribution in [3.05, 3.63) is 66.4 Å². The van der Waals surface area contributed by atoms with Crippen LogP contribution < -0.4 is 10.1 Å². The third-order valence-corrected chi connectivity index (χ3v) is 4.36. The molecule has 1 heterocycles. The van der Waals surface area contributed by atoms with Gasteiger partial charge in [0.2, 0.25) is 5.95 Å². The van der Waals surface area contributed by atoms with Gasteiger partial charge in [-0.15, -0.1) is 0 Å². The minimum absolute atomic E-state index is 0.215. The van der Waals surface area contributed by atoms with Crippen LogP contribution >= 0.6 is 0 Å². The Bertz CT molecular complexity index is 962. The number of fused-ring (bicyclic) bond motifs is 1. The number of aromatic nitrogens is 2. The smallest absolute Gasteiger partial charge is 0.305 e. The number of methoxy groups -OCH3 is 2. The van der Waals surface area contributed by atoms with Crippen molar-refractivity contribution in [2.75, 3.05) is 19.5 Å². The number of rotatable bonds is 8. The van der Waals surface area contributed by atoms with E-state index >= 15 is 0 Å². The van der Waals surface area contributed by atoms with E-state index in [9.17, 15) is 4.79 Å². The first-order valence-corrected chi connectivity index (χ1v) is 8.71. The molecule has 2 aromatic carbocycles. The first-order chi connectivity index (χ1) is 13.1. The van der Waals surface area contributed by atoms with E-state index < -0.39 is 0 Å². The standard InChI is InChI=1S/C21H23N3O3/c1-4-22-21-23-18-13-15(9-11-20(25)27-3)8-10-19(18)24(21)14-16-6-5-7-17(12-16)26-2/h4-8,10,12-13H,1,9,11,14H2,2-3H3,(H,22,23). The first kappa shape index (κ1) is 18.5. The van der Waals surface area contributed by atoms with E-state index in [4.69, 9.17) is 9.47 Å². The molecule has 0 radical (unpaired) electrons. The van der Waals surface area contributed by atoms with E-state index in [2.05, 4.69) is 27.5 Å². The molecular weight excluding hydrogens is 342 g/mol. The molecule has 0 saturated carbocycles. The van der Waals surface area contributed by atoms with Crippen molar-refractivity contribution >= 4 is 23.0 Å². The lowest BCUT2D eigenvalue weighted by molar-refractivity contribution is -0.140. The molecule has 0 spiro atoms. The van der Waals surface area contributed by atoms with Crippen LogP contribution in [0.15, 0.2) is 55.2 Å². The molecule has 0 amide bonds. The highest BCUT2D eigenvalue weighted by Crippen LogP contribution is 2.24. The van der Waals surface area contributed by atoms with Crippen LogP contribution in [0.2, 0.25) is 0 Å². The summed E-state index contributed by atoms with van der Waals surface area (Å²) in [5, 5.41) is 3.10. The van der Waals surface area contributed by atoms with Crippen molar-refractivity contribution in [1.82, 2.24) is 9.55 Å². The number of hydrogen-bond donors (Lipinski definition) is 1. The molecule has 0 bridgehead atoms. The Labute approximate surface area is 158 Å². The van der Waals surface area contributed by atoms with Gasteiger partial charge in [-0.2, -0.15) is 0 Å². The fourth-order valence-corrected chi connectivity index (χ4v) is 2.99. The molecule has 0 atom stereocenters. The lowest BCUT2D eigenvalue weighted by Crippen LogP contribution is -2.04. The van der Waals surface area contributed by atoms with Crippen LogP contribution in [0.3, 0.4) is 0 Å². The minimum Gasteiger partial charge on any atom is -0.497 e. The molecule has 0 fully saturated rings. The second-order valence-corrected chi connectivity index (χ2v) is 6.12. The van der Waals surface area contributed by atoms with Gasteiger partial charge in [-0.1, -0.05) is 24.8 Å². The number of aryl methyl sites for hydroxylation is 1. The van der Waals surface area contributed by atoms with E-state index in [0.717, 1.165) is 27.9 Å². The Hall–Kier alpha value is -3.28. The molecule has 1 N–H and O–H groups in total. The number of carbonyl (C=O) groups excluding carboxylic acids is 1. The summed E-state index contributed by atoms with van der Waals surface area (Å²) in [6.45, 7) is 4.39. The summed E-state index contributed by atoms with van der Waals surface area (Å²) in [4.78, 5) is 16.1. The molecule has 0 unspecified atom stereocenters. The van der Waals surface area contributed by atoms with E-state index in [1.165, 1.54) is 7.11 Å². The Morgan fingerprint density at radius 2 is 2.07 bits per heavy atom. The van der Waals surface area contributed by atoms with Gasteiger partial charge in [0.25, 0.3) is 0 Å².